The minimum Gasteiger partial charge on any atom is -0.491 e. The second kappa shape index (κ2) is 11.2. The first-order valence-corrected chi connectivity index (χ1v) is 11.6. The van der Waals surface area contributed by atoms with Crippen LogP contribution in [0.3, 0.4) is 0 Å². The van der Waals surface area contributed by atoms with Crippen molar-refractivity contribution in [1.29, 1.82) is 0 Å². The van der Waals surface area contributed by atoms with E-state index in [4.69, 9.17) is 4.74 Å². The number of hydrogen-bond acceptors (Lipinski definition) is 2. The zero-order valence-corrected chi connectivity index (χ0v) is 18.4. The minimum absolute atomic E-state index is 0.291. The van der Waals surface area contributed by atoms with Crippen molar-refractivity contribution in [2.75, 3.05) is 6.61 Å². The van der Waals surface area contributed by atoms with E-state index in [1.807, 2.05) is 6.07 Å². The van der Waals surface area contributed by atoms with Gasteiger partial charge in [0.25, 0.3) is 0 Å². The number of hydrogen-bond donors (Lipinski definition) is 0. The number of unbranched alkanes of at least 4 members (excludes halogenated alkanes) is 4. The van der Waals surface area contributed by atoms with Gasteiger partial charge in [-0.2, -0.15) is 0 Å². The topological polar surface area (TPSA) is 9.23 Å². The summed E-state index contributed by atoms with van der Waals surface area (Å²) in [6.07, 6.45) is 8.30. The van der Waals surface area contributed by atoms with Gasteiger partial charge < -0.3 is 4.74 Å². The molecule has 3 aromatic rings. The maximum atomic E-state index is 14.4. The number of halogens is 1. The van der Waals surface area contributed by atoms with Crippen LogP contribution in [-0.2, 0) is 6.42 Å². The standard InChI is InChI=1S/C26H31FOS/c1-3-5-7-8-9-20-10-12-21(13-11-20)25-16-17-26(29-25)22-14-15-24(23(27)19-22)28-18-6-4-2/h10-17,19H,3-9,18H2,1-2H3. The lowest BCUT2D eigenvalue weighted by Gasteiger charge is -2.07. The van der Waals surface area contributed by atoms with E-state index >= 15 is 0 Å². The molecule has 3 rings (SSSR count). The van der Waals surface area contributed by atoms with E-state index in [1.165, 1.54) is 41.7 Å². The highest BCUT2D eigenvalue weighted by Gasteiger charge is 2.09. The molecule has 29 heavy (non-hydrogen) atoms. The summed E-state index contributed by atoms with van der Waals surface area (Å²) in [6, 6.07) is 18.4. The van der Waals surface area contributed by atoms with Gasteiger partial charge in [0.1, 0.15) is 0 Å². The third kappa shape index (κ3) is 6.17. The predicted molar refractivity (Wildman–Crippen MR) is 123 cm³/mol. The SMILES string of the molecule is CCCCCCc1ccc(-c2ccc(-c3ccc(OCCCC)c(F)c3)s2)cc1. The molecule has 0 unspecified atom stereocenters. The molecule has 1 aromatic heterocycles. The van der Waals surface area contributed by atoms with Crippen LogP contribution < -0.4 is 4.74 Å². The van der Waals surface area contributed by atoms with Crippen molar-refractivity contribution >= 4 is 11.3 Å². The van der Waals surface area contributed by atoms with E-state index < -0.39 is 0 Å². The Kier molecular flexibility index (Phi) is 8.30. The minimum atomic E-state index is -0.291. The number of benzene rings is 2. The molecule has 2 aromatic carbocycles. The zero-order valence-electron chi connectivity index (χ0n) is 17.5. The first-order valence-electron chi connectivity index (χ1n) is 10.8. The third-order valence-corrected chi connectivity index (χ3v) is 6.32. The lowest BCUT2D eigenvalue weighted by Crippen LogP contribution is -1.98. The molecule has 1 nitrogen and oxygen atoms in total. The van der Waals surface area contributed by atoms with Crippen molar-refractivity contribution in [3.05, 3.63) is 66.0 Å². The number of rotatable bonds is 11. The molecule has 0 spiro atoms. The van der Waals surface area contributed by atoms with Gasteiger partial charge in [-0.3, -0.25) is 0 Å². The molecule has 0 saturated heterocycles. The number of ether oxygens (including phenoxy) is 1. The second-order valence-corrected chi connectivity index (χ2v) is 8.60. The van der Waals surface area contributed by atoms with Gasteiger partial charge in [0.2, 0.25) is 0 Å². The molecule has 0 saturated carbocycles. The second-order valence-electron chi connectivity index (χ2n) is 7.52. The average Bonchev–Trinajstić information content (AvgIpc) is 3.23. The van der Waals surface area contributed by atoms with Crippen molar-refractivity contribution in [2.24, 2.45) is 0 Å². The molecule has 0 aliphatic rings. The molecular weight excluding hydrogens is 379 g/mol. The van der Waals surface area contributed by atoms with Crippen LogP contribution in [0.25, 0.3) is 20.9 Å². The molecule has 0 aliphatic heterocycles. The molecule has 154 valence electrons. The summed E-state index contributed by atoms with van der Waals surface area (Å²) in [7, 11) is 0. The first kappa shape index (κ1) is 21.6. The van der Waals surface area contributed by atoms with E-state index in [-0.39, 0.29) is 5.82 Å². The smallest absolute Gasteiger partial charge is 0.165 e. The highest BCUT2D eigenvalue weighted by Crippen LogP contribution is 2.36. The average molecular weight is 411 g/mol. The van der Waals surface area contributed by atoms with Gasteiger partial charge in [-0.15, -0.1) is 11.3 Å². The van der Waals surface area contributed by atoms with Crippen LogP contribution in [0.2, 0.25) is 0 Å². The van der Waals surface area contributed by atoms with Crippen LogP contribution in [0, 0.1) is 5.82 Å². The van der Waals surface area contributed by atoms with Crippen molar-refractivity contribution in [3.8, 4) is 26.6 Å². The first-order chi connectivity index (χ1) is 14.2. The van der Waals surface area contributed by atoms with Gasteiger partial charge in [-0.05, 0) is 66.3 Å². The highest BCUT2D eigenvalue weighted by atomic mass is 32.1. The van der Waals surface area contributed by atoms with Gasteiger partial charge in [0.05, 0.1) is 6.61 Å². The van der Waals surface area contributed by atoms with E-state index in [1.54, 1.807) is 23.5 Å². The van der Waals surface area contributed by atoms with Crippen molar-refractivity contribution < 1.29 is 9.13 Å². The van der Waals surface area contributed by atoms with Gasteiger partial charge in [-0.1, -0.05) is 63.8 Å². The Morgan fingerprint density at radius 2 is 1.45 bits per heavy atom. The maximum Gasteiger partial charge on any atom is 0.165 e. The van der Waals surface area contributed by atoms with Crippen molar-refractivity contribution in [3.63, 3.8) is 0 Å². The molecule has 0 amide bonds. The normalized spacial score (nSPS) is 11.0. The molecular formula is C26H31FOS. The number of aryl methyl sites for hydroxylation is 1. The fourth-order valence-electron chi connectivity index (χ4n) is 3.34. The summed E-state index contributed by atoms with van der Waals surface area (Å²) < 4.78 is 19.9. The molecule has 0 N–H and O–H groups in total. The van der Waals surface area contributed by atoms with Crippen LogP contribution in [0.15, 0.2) is 54.6 Å². The molecule has 1 heterocycles. The molecule has 0 fully saturated rings. The van der Waals surface area contributed by atoms with Gasteiger partial charge in [0.15, 0.2) is 11.6 Å². The van der Waals surface area contributed by atoms with Crippen LogP contribution in [0.5, 0.6) is 5.75 Å². The van der Waals surface area contributed by atoms with E-state index in [0.717, 1.165) is 29.7 Å². The molecule has 0 aliphatic carbocycles. The maximum absolute atomic E-state index is 14.4. The fourth-order valence-corrected chi connectivity index (χ4v) is 4.35. The van der Waals surface area contributed by atoms with E-state index in [2.05, 4.69) is 50.2 Å². The van der Waals surface area contributed by atoms with E-state index in [0.29, 0.717) is 12.4 Å². The quantitative estimate of drug-likeness (QED) is 0.288. The summed E-state index contributed by atoms with van der Waals surface area (Å²) in [5.41, 5.74) is 3.52. The molecule has 0 atom stereocenters. The van der Waals surface area contributed by atoms with Gasteiger partial charge >= 0.3 is 0 Å². The summed E-state index contributed by atoms with van der Waals surface area (Å²) in [5, 5.41) is 0. The molecule has 3 heteroatoms. The Morgan fingerprint density at radius 3 is 2.14 bits per heavy atom. The summed E-state index contributed by atoms with van der Waals surface area (Å²) in [5.74, 6) is 0.0504. The summed E-state index contributed by atoms with van der Waals surface area (Å²) >= 11 is 1.70. The number of thiophene rings is 1. The van der Waals surface area contributed by atoms with Crippen LogP contribution >= 0.6 is 11.3 Å². The predicted octanol–water partition coefficient (Wildman–Crippen LogP) is 8.52. The van der Waals surface area contributed by atoms with Crippen LogP contribution in [0.4, 0.5) is 4.39 Å². The molecule has 0 radical (unpaired) electrons. The van der Waals surface area contributed by atoms with Gasteiger partial charge in [-0.25, -0.2) is 4.39 Å². The van der Waals surface area contributed by atoms with Crippen molar-refractivity contribution in [1.82, 2.24) is 0 Å². The Hall–Kier alpha value is -2.13. The monoisotopic (exact) mass is 410 g/mol. The third-order valence-electron chi connectivity index (χ3n) is 5.14. The lowest BCUT2D eigenvalue weighted by molar-refractivity contribution is 0.294. The van der Waals surface area contributed by atoms with Crippen LogP contribution in [0.1, 0.15) is 57.9 Å². The molecule has 0 bridgehead atoms. The highest BCUT2D eigenvalue weighted by molar-refractivity contribution is 7.18. The summed E-state index contributed by atoms with van der Waals surface area (Å²) in [6.45, 7) is 4.90. The largest absolute Gasteiger partial charge is 0.491 e. The lowest BCUT2D eigenvalue weighted by atomic mass is 10.0. The Morgan fingerprint density at radius 1 is 0.759 bits per heavy atom. The Labute approximate surface area is 178 Å². The van der Waals surface area contributed by atoms with E-state index in [9.17, 15) is 4.39 Å². The van der Waals surface area contributed by atoms with Crippen LogP contribution in [-0.4, -0.2) is 6.61 Å². The Bertz CT molecular complexity index is 882. The Balaban J connectivity index is 1.65. The summed E-state index contributed by atoms with van der Waals surface area (Å²) in [4.78, 5) is 2.28. The van der Waals surface area contributed by atoms with Crippen molar-refractivity contribution in [2.45, 2.75) is 58.8 Å². The van der Waals surface area contributed by atoms with Gasteiger partial charge in [0, 0.05) is 9.75 Å². The fraction of sp³-hybridized carbons (Fsp3) is 0.385. The zero-order chi connectivity index (χ0) is 20.5.